The molecule has 1 nitrogen and oxygen atoms in total. The Labute approximate surface area is 113 Å². The minimum Gasteiger partial charge on any atom is -0.320 e. The van der Waals surface area contributed by atoms with E-state index in [1.54, 1.807) is 11.1 Å². The summed E-state index contributed by atoms with van der Waals surface area (Å²) in [6.45, 7) is 5.85. The molecule has 1 aliphatic carbocycles. The highest BCUT2D eigenvalue weighted by atomic mass is 79.9. The maximum Gasteiger partial charge on any atom is 0.0178 e. The van der Waals surface area contributed by atoms with Gasteiger partial charge in [0.1, 0.15) is 0 Å². The highest BCUT2D eigenvalue weighted by Crippen LogP contribution is 2.44. The monoisotopic (exact) mass is 295 g/mol. The van der Waals surface area contributed by atoms with Gasteiger partial charge in [-0.15, -0.1) is 0 Å². The molecule has 0 fully saturated rings. The molecule has 1 unspecified atom stereocenters. The number of hydrogen-bond acceptors (Lipinski definition) is 1. The lowest BCUT2D eigenvalue weighted by Crippen LogP contribution is -2.27. The molecule has 0 radical (unpaired) electrons. The van der Waals surface area contributed by atoms with Crippen LogP contribution in [0, 0.1) is 0 Å². The quantitative estimate of drug-likeness (QED) is 0.881. The summed E-state index contributed by atoms with van der Waals surface area (Å²) in [5, 5.41) is 3.27. The number of halogens is 1. The molecule has 1 N–H and O–H groups in total. The molecular formula is C15H22BrN. The zero-order valence-corrected chi connectivity index (χ0v) is 12.6. The minimum absolute atomic E-state index is 0.339. The third-order valence-corrected chi connectivity index (χ3v) is 4.54. The summed E-state index contributed by atoms with van der Waals surface area (Å²) in [4.78, 5) is 0. The Morgan fingerprint density at radius 3 is 2.88 bits per heavy atom. The van der Waals surface area contributed by atoms with Gasteiger partial charge in [0.25, 0.3) is 0 Å². The van der Waals surface area contributed by atoms with Gasteiger partial charge in [-0.3, -0.25) is 0 Å². The van der Waals surface area contributed by atoms with Crippen molar-refractivity contribution in [3.63, 3.8) is 0 Å². The van der Waals surface area contributed by atoms with Gasteiger partial charge in [-0.25, -0.2) is 0 Å². The molecule has 94 valence electrons. The summed E-state index contributed by atoms with van der Waals surface area (Å²) in [6, 6.07) is 6.82. The average molecular weight is 296 g/mol. The molecule has 0 saturated heterocycles. The van der Waals surface area contributed by atoms with Crippen LogP contribution in [-0.4, -0.2) is 13.6 Å². The Morgan fingerprint density at radius 2 is 2.18 bits per heavy atom. The van der Waals surface area contributed by atoms with E-state index in [9.17, 15) is 0 Å². The van der Waals surface area contributed by atoms with Crippen molar-refractivity contribution < 1.29 is 0 Å². The average Bonchev–Trinajstić information content (AvgIpc) is 2.28. The van der Waals surface area contributed by atoms with Crippen LogP contribution >= 0.6 is 15.9 Å². The van der Waals surface area contributed by atoms with Crippen molar-refractivity contribution in [2.75, 3.05) is 13.6 Å². The lowest BCUT2D eigenvalue weighted by atomic mass is 9.68. The van der Waals surface area contributed by atoms with Crippen LogP contribution < -0.4 is 5.32 Å². The normalized spacial score (nSPS) is 22.2. The fraction of sp³-hybridized carbons (Fsp3) is 0.600. The SMILES string of the molecule is CNCCC1CCC(C)(C)c2ccc(Br)cc21. The number of rotatable bonds is 3. The van der Waals surface area contributed by atoms with Crippen molar-refractivity contribution in [3.05, 3.63) is 33.8 Å². The maximum absolute atomic E-state index is 3.61. The second kappa shape index (κ2) is 5.11. The van der Waals surface area contributed by atoms with Gasteiger partial charge >= 0.3 is 0 Å². The predicted octanol–water partition coefficient (Wildman–Crippen LogP) is 4.21. The summed E-state index contributed by atoms with van der Waals surface area (Å²) >= 11 is 3.61. The minimum atomic E-state index is 0.339. The summed E-state index contributed by atoms with van der Waals surface area (Å²) in [5.74, 6) is 0.725. The van der Waals surface area contributed by atoms with Crippen molar-refractivity contribution >= 4 is 15.9 Å². The standard InChI is InChI=1S/C15H22BrN/c1-15(2)8-6-11(7-9-17-3)13-10-12(16)4-5-14(13)15/h4-5,10-11,17H,6-9H2,1-3H3. The summed E-state index contributed by atoms with van der Waals surface area (Å²) in [5.41, 5.74) is 3.45. The highest BCUT2D eigenvalue weighted by Gasteiger charge is 2.32. The van der Waals surface area contributed by atoms with Gasteiger partial charge in [0.05, 0.1) is 0 Å². The highest BCUT2D eigenvalue weighted by molar-refractivity contribution is 9.10. The summed E-state index contributed by atoms with van der Waals surface area (Å²) in [7, 11) is 2.04. The first-order valence-electron chi connectivity index (χ1n) is 6.49. The Bertz CT molecular complexity index is 398. The third-order valence-electron chi connectivity index (χ3n) is 4.04. The Hall–Kier alpha value is -0.340. The van der Waals surface area contributed by atoms with E-state index in [2.05, 4.69) is 53.3 Å². The molecule has 17 heavy (non-hydrogen) atoms. The fourth-order valence-electron chi connectivity index (χ4n) is 2.93. The van der Waals surface area contributed by atoms with Crippen LogP contribution in [0.4, 0.5) is 0 Å². The van der Waals surface area contributed by atoms with Crippen molar-refractivity contribution in [2.24, 2.45) is 0 Å². The van der Waals surface area contributed by atoms with E-state index >= 15 is 0 Å². The van der Waals surface area contributed by atoms with Crippen LogP contribution in [-0.2, 0) is 5.41 Å². The van der Waals surface area contributed by atoms with Crippen LogP contribution in [0.3, 0.4) is 0 Å². The molecule has 1 aliphatic rings. The Kier molecular flexibility index (Phi) is 3.94. The maximum atomic E-state index is 3.61. The first-order chi connectivity index (χ1) is 8.04. The predicted molar refractivity (Wildman–Crippen MR) is 77.7 cm³/mol. The molecule has 1 aromatic rings. The Balaban J connectivity index is 2.35. The molecule has 0 heterocycles. The molecule has 0 aliphatic heterocycles. The fourth-order valence-corrected chi connectivity index (χ4v) is 3.31. The zero-order valence-electron chi connectivity index (χ0n) is 11.0. The second-order valence-electron chi connectivity index (χ2n) is 5.74. The molecule has 0 saturated carbocycles. The molecule has 0 spiro atoms. The number of nitrogens with one attached hydrogen (secondary N) is 1. The topological polar surface area (TPSA) is 12.0 Å². The third kappa shape index (κ3) is 2.74. The molecule has 0 bridgehead atoms. The van der Waals surface area contributed by atoms with E-state index in [1.165, 1.54) is 23.7 Å². The van der Waals surface area contributed by atoms with Gasteiger partial charge in [-0.05, 0) is 67.4 Å². The van der Waals surface area contributed by atoms with Crippen LogP contribution in [0.1, 0.15) is 50.2 Å². The summed E-state index contributed by atoms with van der Waals surface area (Å²) in [6.07, 6.45) is 3.87. The van der Waals surface area contributed by atoms with E-state index in [4.69, 9.17) is 0 Å². The molecular weight excluding hydrogens is 274 g/mol. The summed E-state index contributed by atoms with van der Waals surface area (Å²) < 4.78 is 1.21. The van der Waals surface area contributed by atoms with Gasteiger partial charge in [0.15, 0.2) is 0 Å². The van der Waals surface area contributed by atoms with Gasteiger partial charge < -0.3 is 5.32 Å². The van der Waals surface area contributed by atoms with Crippen LogP contribution in [0.2, 0.25) is 0 Å². The largest absolute Gasteiger partial charge is 0.320 e. The second-order valence-corrected chi connectivity index (χ2v) is 6.66. The van der Waals surface area contributed by atoms with Crippen LogP contribution in [0.25, 0.3) is 0 Å². The first-order valence-corrected chi connectivity index (χ1v) is 7.28. The molecule has 2 heteroatoms. The molecule has 0 aromatic heterocycles. The van der Waals surface area contributed by atoms with Crippen molar-refractivity contribution in [1.82, 2.24) is 5.32 Å². The van der Waals surface area contributed by atoms with E-state index in [1.807, 2.05) is 7.05 Å². The van der Waals surface area contributed by atoms with E-state index < -0.39 is 0 Å². The molecule has 1 aromatic carbocycles. The van der Waals surface area contributed by atoms with Crippen molar-refractivity contribution in [2.45, 2.75) is 44.4 Å². The van der Waals surface area contributed by atoms with E-state index in [0.717, 1.165) is 12.5 Å². The lowest BCUT2D eigenvalue weighted by Gasteiger charge is -2.37. The van der Waals surface area contributed by atoms with Gasteiger partial charge in [-0.2, -0.15) is 0 Å². The lowest BCUT2D eigenvalue weighted by molar-refractivity contribution is 0.380. The van der Waals surface area contributed by atoms with Gasteiger partial charge in [0.2, 0.25) is 0 Å². The van der Waals surface area contributed by atoms with Crippen LogP contribution in [0.5, 0.6) is 0 Å². The van der Waals surface area contributed by atoms with Crippen molar-refractivity contribution in [3.8, 4) is 0 Å². The number of hydrogen-bond donors (Lipinski definition) is 1. The van der Waals surface area contributed by atoms with Gasteiger partial charge in [-0.1, -0.05) is 35.8 Å². The van der Waals surface area contributed by atoms with E-state index in [-0.39, 0.29) is 0 Å². The van der Waals surface area contributed by atoms with Gasteiger partial charge in [0, 0.05) is 4.47 Å². The van der Waals surface area contributed by atoms with E-state index in [0.29, 0.717) is 5.41 Å². The first kappa shape index (κ1) is 13.1. The molecule has 0 amide bonds. The Morgan fingerprint density at radius 1 is 1.41 bits per heavy atom. The van der Waals surface area contributed by atoms with Crippen LogP contribution in [0.15, 0.2) is 22.7 Å². The smallest absolute Gasteiger partial charge is 0.0178 e. The van der Waals surface area contributed by atoms with Crippen molar-refractivity contribution in [1.29, 1.82) is 0 Å². The molecule has 2 rings (SSSR count). The zero-order chi connectivity index (χ0) is 12.5. The number of benzene rings is 1. The number of fused-ring (bicyclic) bond motifs is 1. The molecule has 1 atom stereocenters.